The summed E-state index contributed by atoms with van der Waals surface area (Å²) in [6.07, 6.45) is 7.95. The molecule has 1 aromatic carbocycles. The molecule has 5 nitrogen and oxygen atoms in total. The Hall–Kier alpha value is -2.30. The van der Waals surface area contributed by atoms with Crippen molar-refractivity contribution in [3.8, 4) is 5.75 Å². The van der Waals surface area contributed by atoms with Crippen LogP contribution >= 0.6 is 0 Å². The summed E-state index contributed by atoms with van der Waals surface area (Å²) in [4.78, 5) is 30.7. The Labute approximate surface area is 193 Å². The molecule has 2 unspecified atom stereocenters. The van der Waals surface area contributed by atoms with E-state index < -0.39 is 0 Å². The van der Waals surface area contributed by atoms with Crippen LogP contribution in [0.2, 0.25) is 0 Å². The van der Waals surface area contributed by atoms with E-state index in [2.05, 4.69) is 25.7 Å². The van der Waals surface area contributed by atoms with Crippen LogP contribution in [0.25, 0.3) is 5.57 Å². The van der Waals surface area contributed by atoms with E-state index in [0.29, 0.717) is 36.3 Å². The fraction of sp³-hybridized carbons (Fsp3) is 0.630. The first-order valence-corrected chi connectivity index (χ1v) is 12.5. The lowest BCUT2D eigenvalue weighted by molar-refractivity contribution is -0.137. The standard InChI is InChI=1S/C27H40N2O3/c1-5-7-8-9-10-11-16-29-26(30)24(22-12-14-23(15-13-22)32-6-2)25(27(29)31)28-18-20(3)17-21(4)19-28/h12-15,20-21H,5-11,16-19H2,1-4H3. The summed E-state index contributed by atoms with van der Waals surface area (Å²) in [7, 11) is 0. The third kappa shape index (κ3) is 5.73. The van der Waals surface area contributed by atoms with Crippen molar-refractivity contribution in [2.75, 3.05) is 26.2 Å². The Bertz CT molecular complexity index is 805. The monoisotopic (exact) mass is 440 g/mol. The number of carbonyl (C=O) groups excluding carboxylic acids is 2. The number of amides is 2. The zero-order valence-corrected chi connectivity index (χ0v) is 20.4. The zero-order valence-electron chi connectivity index (χ0n) is 20.4. The van der Waals surface area contributed by atoms with Crippen LogP contribution in [0.4, 0.5) is 0 Å². The minimum atomic E-state index is -0.145. The summed E-state index contributed by atoms with van der Waals surface area (Å²) < 4.78 is 5.57. The molecule has 2 atom stereocenters. The number of benzene rings is 1. The van der Waals surface area contributed by atoms with Gasteiger partial charge < -0.3 is 9.64 Å². The van der Waals surface area contributed by atoms with Gasteiger partial charge in [-0.05, 0) is 49.3 Å². The topological polar surface area (TPSA) is 49.9 Å². The van der Waals surface area contributed by atoms with E-state index in [0.717, 1.165) is 50.1 Å². The molecule has 0 N–H and O–H groups in total. The van der Waals surface area contributed by atoms with Crippen LogP contribution < -0.4 is 4.74 Å². The van der Waals surface area contributed by atoms with Gasteiger partial charge in [-0.25, -0.2) is 0 Å². The summed E-state index contributed by atoms with van der Waals surface area (Å²) in [6.45, 7) is 11.4. The molecule has 0 saturated carbocycles. The predicted octanol–water partition coefficient (Wildman–Crippen LogP) is 5.50. The molecule has 2 aliphatic heterocycles. The summed E-state index contributed by atoms with van der Waals surface area (Å²) >= 11 is 0. The fourth-order valence-corrected chi connectivity index (χ4v) is 5.10. The van der Waals surface area contributed by atoms with Gasteiger partial charge in [-0.1, -0.05) is 65.0 Å². The number of imide groups is 1. The van der Waals surface area contributed by atoms with E-state index in [9.17, 15) is 9.59 Å². The van der Waals surface area contributed by atoms with Crippen molar-refractivity contribution in [1.29, 1.82) is 0 Å². The highest BCUT2D eigenvalue weighted by Crippen LogP contribution is 2.35. The number of unbranched alkanes of at least 4 members (excludes halogenated alkanes) is 5. The Balaban J connectivity index is 1.84. The quantitative estimate of drug-likeness (QED) is 0.337. The van der Waals surface area contributed by atoms with Crippen molar-refractivity contribution in [2.45, 2.75) is 72.6 Å². The van der Waals surface area contributed by atoms with Gasteiger partial charge >= 0.3 is 0 Å². The average Bonchev–Trinajstić information content (AvgIpc) is 3.01. The van der Waals surface area contributed by atoms with Crippen LogP contribution in [0.3, 0.4) is 0 Å². The number of likely N-dealkylation sites (tertiary alicyclic amines) is 1. The summed E-state index contributed by atoms with van der Waals surface area (Å²) in [6, 6.07) is 7.60. The molecule has 0 radical (unpaired) electrons. The molecule has 5 heteroatoms. The first kappa shape index (κ1) is 24.3. The van der Waals surface area contributed by atoms with Crippen molar-refractivity contribution in [3.05, 3.63) is 35.5 Å². The van der Waals surface area contributed by atoms with Crippen molar-refractivity contribution in [1.82, 2.24) is 9.80 Å². The van der Waals surface area contributed by atoms with E-state index >= 15 is 0 Å². The Morgan fingerprint density at radius 2 is 1.50 bits per heavy atom. The Morgan fingerprint density at radius 1 is 0.875 bits per heavy atom. The fourth-order valence-electron chi connectivity index (χ4n) is 5.10. The van der Waals surface area contributed by atoms with Gasteiger partial charge in [0.05, 0.1) is 12.2 Å². The average molecular weight is 441 g/mol. The summed E-state index contributed by atoms with van der Waals surface area (Å²) in [5, 5.41) is 0. The number of ether oxygens (including phenoxy) is 1. The molecule has 2 amide bonds. The van der Waals surface area contributed by atoms with Crippen LogP contribution in [0.5, 0.6) is 5.75 Å². The van der Waals surface area contributed by atoms with Gasteiger partial charge in [-0.3, -0.25) is 14.5 Å². The third-order valence-electron chi connectivity index (χ3n) is 6.52. The predicted molar refractivity (Wildman–Crippen MR) is 129 cm³/mol. The van der Waals surface area contributed by atoms with E-state index in [1.807, 2.05) is 31.2 Å². The highest BCUT2D eigenvalue weighted by molar-refractivity contribution is 6.35. The maximum Gasteiger partial charge on any atom is 0.277 e. The molecule has 0 bridgehead atoms. The van der Waals surface area contributed by atoms with E-state index in [1.54, 1.807) is 0 Å². The van der Waals surface area contributed by atoms with Gasteiger partial charge in [0.15, 0.2) is 0 Å². The molecule has 1 saturated heterocycles. The third-order valence-corrected chi connectivity index (χ3v) is 6.52. The van der Waals surface area contributed by atoms with Gasteiger partial charge in [0.2, 0.25) is 0 Å². The van der Waals surface area contributed by atoms with E-state index in [1.165, 1.54) is 24.2 Å². The second-order valence-corrected chi connectivity index (χ2v) is 9.56. The van der Waals surface area contributed by atoms with Crippen molar-refractivity contribution < 1.29 is 14.3 Å². The van der Waals surface area contributed by atoms with Crippen LogP contribution in [0.15, 0.2) is 30.0 Å². The minimum absolute atomic E-state index is 0.117. The molecular formula is C27H40N2O3. The summed E-state index contributed by atoms with van der Waals surface area (Å²) in [5.41, 5.74) is 1.96. The molecule has 32 heavy (non-hydrogen) atoms. The largest absolute Gasteiger partial charge is 0.494 e. The van der Waals surface area contributed by atoms with Crippen LogP contribution in [-0.4, -0.2) is 47.9 Å². The van der Waals surface area contributed by atoms with Crippen molar-refractivity contribution >= 4 is 17.4 Å². The van der Waals surface area contributed by atoms with Crippen molar-refractivity contribution in [2.24, 2.45) is 11.8 Å². The summed E-state index contributed by atoms with van der Waals surface area (Å²) in [5.74, 6) is 1.52. The van der Waals surface area contributed by atoms with Crippen LogP contribution in [0.1, 0.15) is 78.2 Å². The molecule has 2 heterocycles. The first-order chi connectivity index (χ1) is 15.5. The maximum absolute atomic E-state index is 13.5. The molecule has 0 spiro atoms. The molecule has 0 aromatic heterocycles. The van der Waals surface area contributed by atoms with Crippen molar-refractivity contribution in [3.63, 3.8) is 0 Å². The van der Waals surface area contributed by atoms with Gasteiger partial charge in [0.25, 0.3) is 11.8 Å². The molecule has 1 fully saturated rings. The minimum Gasteiger partial charge on any atom is -0.494 e. The second-order valence-electron chi connectivity index (χ2n) is 9.56. The van der Waals surface area contributed by atoms with Gasteiger partial charge in [-0.15, -0.1) is 0 Å². The van der Waals surface area contributed by atoms with E-state index in [4.69, 9.17) is 4.74 Å². The highest BCUT2D eigenvalue weighted by Gasteiger charge is 2.42. The SMILES string of the molecule is CCCCCCCCN1C(=O)C(c2ccc(OCC)cc2)=C(N2CC(C)CC(C)C2)C1=O. The normalized spacial score (nSPS) is 21.6. The lowest BCUT2D eigenvalue weighted by Crippen LogP contribution is -2.42. The molecule has 176 valence electrons. The van der Waals surface area contributed by atoms with Gasteiger partial charge in [-0.2, -0.15) is 0 Å². The number of nitrogens with zero attached hydrogens (tertiary/aromatic N) is 2. The smallest absolute Gasteiger partial charge is 0.277 e. The molecule has 2 aliphatic rings. The lowest BCUT2D eigenvalue weighted by Gasteiger charge is -2.37. The number of hydrogen-bond acceptors (Lipinski definition) is 4. The lowest BCUT2D eigenvalue weighted by atomic mass is 9.91. The number of carbonyl (C=O) groups is 2. The van der Waals surface area contributed by atoms with Crippen LogP contribution in [0, 0.1) is 11.8 Å². The number of piperidine rings is 1. The van der Waals surface area contributed by atoms with Gasteiger partial charge in [0.1, 0.15) is 11.4 Å². The van der Waals surface area contributed by atoms with Crippen LogP contribution in [-0.2, 0) is 9.59 Å². The highest BCUT2D eigenvalue weighted by atomic mass is 16.5. The molecule has 1 aromatic rings. The molecular weight excluding hydrogens is 400 g/mol. The van der Waals surface area contributed by atoms with Gasteiger partial charge in [0, 0.05) is 19.6 Å². The Kier molecular flexibility index (Phi) is 8.77. The number of rotatable bonds is 11. The first-order valence-electron chi connectivity index (χ1n) is 12.5. The maximum atomic E-state index is 13.5. The molecule has 0 aliphatic carbocycles. The zero-order chi connectivity index (χ0) is 23.1. The molecule has 3 rings (SSSR count). The van der Waals surface area contributed by atoms with E-state index in [-0.39, 0.29) is 11.8 Å². The number of hydrogen-bond donors (Lipinski definition) is 0. The Morgan fingerprint density at radius 3 is 2.12 bits per heavy atom. The second kappa shape index (κ2) is 11.5.